The molecular formula is C27H27FN6O. The fourth-order valence-electron chi connectivity index (χ4n) is 3.56. The van der Waals surface area contributed by atoms with Gasteiger partial charge in [0.25, 0.3) is 0 Å². The molecule has 4 rings (SSSR count). The molecule has 35 heavy (non-hydrogen) atoms. The second-order valence-corrected chi connectivity index (χ2v) is 8.20. The van der Waals surface area contributed by atoms with Gasteiger partial charge in [-0.05, 0) is 55.0 Å². The zero-order valence-corrected chi connectivity index (χ0v) is 19.8. The Bertz CT molecular complexity index is 1280. The molecule has 0 aliphatic rings. The zero-order chi connectivity index (χ0) is 24.8. The topological polar surface area (TPSA) is 73.4 Å². The van der Waals surface area contributed by atoms with E-state index >= 15 is 0 Å². The summed E-state index contributed by atoms with van der Waals surface area (Å²) in [7, 11) is 3.89. The molecule has 0 aliphatic carbocycles. The highest BCUT2D eigenvalue weighted by atomic mass is 19.1. The van der Waals surface area contributed by atoms with Crippen molar-refractivity contribution in [2.45, 2.75) is 13.0 Å². The summed E-state index contributed by atoms with van der Waals surface area (Å²) in [5.74, 6) is 0.315. The van der Waals surface area contributed by atoms with E-state index in [1.807, 2.05) is 80.5 Å². The molecule has 0 saturated heterocycles. The maximum Gasteiger partial charge on any atom is 0.332 e. The van der Waals surface area contributed by atoms with Gasteiger partial charge in [-0.25, -0.2) is 19.1 Å². The Morgan fingerprint density at radius 3 is 2.31 bits per heavy atom. The van der Waals surface area contributed by atoms with E-state index in [1.54, 1.807) is 24.4 Å². The molecule has 0 radical (unpaired) electrons. The van der Waals surface area contributed by atoms with Crippen LogP contribution in [0.25, 0.3) is 0 Å². The maximum atomic E-state index is 13.7. The lowest BCUT2D eigenvalue weighted by Gasteiger charge is -2.24. The van der Waals surface area contributed by atoms with Gasteiger partial charge in [-0.3, -0.25) is 0 Å². The number of halogens is 1. The van der Waals surface area contributed by atoms with Crippen LogP contribution < -0.4 is 20.4 Å². The molecule has 0 saturated carbocycles. The van der Waals surface area contributed by atoms with Gasteiger partial charge in [0.1, 0.15) is 11.6 Å². The Morgan fingerprint density at radius 1 is 0.914 bits per heavy atom. The Morgan fingerprint density at radius 2 is 1.63 bits per heavy atom. The van der Waals surface area contributed by atoms with Crippen molar-refractivity contribution in [2.24, 2.45) is 0 Å². The second-order valence-electron chi connectivity index (χ2n) is 8.20. The van der Waals surface area contributed by atoms with Crippen molar-refractivity contribution < 1.29 is 9.18 Å². The van der Waals surface area contributed by atoms with Crippen LogP contribution in [0.1, 0.15) is 18.5 Å². The fourth-order valence-corrected chi connectivity index (χ4v) is 3.56. The Hall–Kier alpha value is -4.46. The van der Waals surface area contributed by atoms with Gasteiger partial charge in [0.15, 0.2) is 0 Å². The maximum absolute atomic E-state index is 13.7. The Labute approximate surface area is 204 Å². The van der Waals surface area contributed by atoms with Crippen LogP contribution in [0.4, 0.5) is 38.0 Å². The van der Waals surface area contributed by atoms with Crippen molar-refractivity contribution in [3.63, 3.8) is 0 Å². The molecule has 0 aliphatic heterocycles. The minimum absolute atomic E-state index is 0.0413. The predicted molar refractivity (Wildman–Crippen MR) is 139 cm³/mol. The van der Waals surface area contributed by atoms with Crippen molar-refractivity contribution in [3.05, 3.63) is 103 Å². The number of aromatic nitrogens is 2. The number of benzene rings is 3. The first-order valence-electron chi connectivity index (χ1n) is 11.2. The fraction of sp³-hybridized carbons (Fsp3) is 0.148. The third-order valence-electron chi connectivity index (χ3n) is 5.42. The van der Waals surface area contributed by atoms with Gasteiger partial charge in [-0.1, -0.05) is 36.4 Å². The lowest BCUT2D eigenvalue weighted by Crippen LogP contribution is -2.31. The molecule has 0 spiro atoms. The minimum Gasteiger partial charge on any atom is -0.378 e. The molecule has 3 aromatic carbocycles. The van der Waals surface area contributed by atoms with Crippen LogP contribution in [0.15, 0.2) is 91.1 Å². The first-order valence-corrected chi connectivity index (χ1v) is 11.2. The lowest BCUT2D eigenvalue weighted by molar-refractivity contribution is 0.259. The molecule has 1 aromatic heterocycles. The van der Waals surface area contributed by atoms with Crippen LogP contribution >= 0.6 is 0 Å². The molecule has 2 amide bonds. The van der Waals surface area contributed by atoms with Gasteiger partial charge in [-0.2, -0.15) is 4.98 Å². The van der Waals surface area contributed by atoms with Crippen molar-refractivity contribution in [1.29, 1.82) is 0 Å². The van der Waals surface area contributed by atoms with Gasteiger partial charge >= 0.3 is 6.03 Å². The monoisotopic (exact) mass is 470 g/mol. The summed E-state index contributed by atoms with van der Waals surface area (Å²) in [4.78, 5) is 25.8. The van der Waals surface area contributed by atoms with E-state index in [-0.39, 0.29) is 6.04 Å². The van der Waals surface area contributed by atoms with Gasteiger partial charge in [-0.15, -0.1) is 0 Å². The Kier molecular flexibility index (Phi) is 7.21. The standard InChI is InChI=1S/C27H27FN6O/c1-19(20-8-5-4-6-9-20)30-26-29-17-16-25(32-26)34(24-14-12-23(13-15-24)33(2)3)27(35)31-22-11-7-10-21(28)18-22/h4-19H,1-3H3,(H,31,35)(H,29,30,32)/t19-/m0/s1. The molecular weight excluding hydrogens is 443 g/mol. The van der Waals surface area contributed by atoms with E-state index in [4.69, 9.17) is 0 Å². The summed E-state index contributed by atoms with van der Waals surface area (Å²) in [6.45, 7) is 2.01. The van der Waals surface area contributed by atoms with Crippen molar-refractivity contribution in [1.82, 2.24) is 9.97 Å². The quantitative estimate of drug-likeness (QED) is 0.335. The molecule has 2 N–H and O–H groups in total. The van der Waals surface area contributed by atoms with Gasteiger partial charge in [0.05, 0.1) is 11.7 Å². The highest BCUT2D eigenvalue weighted by Crippen LogP contribution is 2.28. The summed E-state index contributed by atoms with van der Waals surface area (Å²) in [6, 6.07) is 24.3. The zero-order valence-electron chi connectivity index (χ0n) is 19.8. The lowest BCUT2D eigenvalue weighted by atomic mass is 10.1. The normalized spacial score (nSPS) is 11.4. The second kappa shape index (κ2) is 10.6. The summed E-state index contributed by atoms with van der Waals surface area (Å²) in [6.07, 6.45) is 1.60. The molecule has 4 aromatic rings. The first-order chi connectivity index (χ1) is 16.9. The van der Waals surface area contributed by atoms with Crippen LogP contribution in [0.5, 0.6) is 0 Å². The molecule has 0 unspecified atom stereocenters. The van der Waals surface area contributed by atoms with E-state index in [1.165, 1.54) is 17.0 Å². The van der Waals surface area contributed by atoms with E-state index in [2.05, 4.69) is 20.6 Å². The van der Waals surface area contributed by atoms with Gasteiger partial charge in [0, 0.05) is 37.7 Å². The minimum atomic E-state index is -0.478. The van der Waals surface area contributed by atoms with Gasteiger partial charge < -0.3 is 15.5 Å². The van der Waals surface area contributed by atoms with Crippen LogP contribution in [-0.2, 0) is 0 Å². The van der Waals surface area contributed by atoms with Crippen LogP contribution in [0.2, 0.25) is 0 Å². The number of amides is 2. The van der Waals surface area contributed by atoms with Gasteiger partial charge in [0.2, 0.25) is 5.95 Å². The van der Waals surface area contributed by atoms with E-state index in [0.717, 1.165) is 11.3 Å². The number of anilines is 5. The first kappa shape index (κ1) is 23.7. The van der Waals surface area contributed by atoms with Crippen LogP contribution in [0, 0.1) is 5.82 Å². The Balaban J connectivity index is 1.66. The smallest absolute Gasteiger partial charge is 0.332 e. The third kappa shape index (κ3) is 5.92. The molecule has 1 heterocycles. The van der Waals surface area contributed by atoms with E-state index in [0.29, 0.717) is 23.1 Å². The average molecular weight is 471 g/mol. The molecule has 8 heteroatoms. The SMILES string of the molecule is C[C@H](Nc1nccc(N(C(=O)Nc2cccc(F)c2)c2ccc(N(C)C)cc2)n1)c1ccccc1. The van der Waals surface area contributed by atoms with E-state index < -0.39 is 11.8 Å². The predicted octanol–water partition coefficient (Wildman–Crippen LogP) is 6.23. The number of hydrogen-bond donors (Lipinski definition) is 2. The summed E-state index contributed by atoms with van der Waals surface area (Å²) < 4.78 is 13.7. The number of carbonyl (C=O) groups excluding carboxylic acids is 1. The van der Waals surface area contributed by atoms with E-state index in [9.17, 15) is 9.18 Å². The molecule has 1 atom stereocenters. The number of nitrogens with zero attached hydrogens (tertiary/aromatic N) is 4. The van der Waals surface area contributed by atoms with Crippen molar-refractivity contribution >= 4 is 34.9 Å². The molecule has 0 fully saturated rings. The molecule has 7 nitrogen and oxygen atoms in total. The molecule has 0 bridgehead atoms. The van der Waals surface area contributed by atoms with Crippen LogP contribution in [-0.4, -0.2) is 30.1 Å². The number of hydrogen-bond acceptors (Lipinski definition) is 5. The molecule has 178 valence electrons. The highest BCUT2D eigenvalue weighted by molar-refractivity contribution is 6.06. The van der Waals surface area contributed by atoms with Crippen molar-refractivity contribution in [3.8, 4) is 0 Å². The number of nitrogens with one attached hydrogen (secondary N) is 2. The highest BCUT2D eigenvalue weighted by Gasteiger charge is 2.21. The average Bonchev–Trinajstić information content (AvgIpc) is 2.85. The number of urea groups is 1. The van der Waals surface area contributed by atoms with Crippen molar-refractivity contribution in [2.75, 3.05) is 34.5 Å². The number of rotatable bonds is 7. The number of carbonyl (C=O) groups is 1. The summed E-state index contributed by atoms with van der Waals surface area (Å²) in [5, 5.41) is 6.05. The third-order valence-corrected chi connectivity index (χ3v) is 5.42. The summed E-state index contributed by atoms with van der Waals surface area (Å²) >= 11 is 0. The van der Waals surface area contributed by atoms with Crippen LogP contribution in [0.3, 0.4) is 0 Å². The largest absolute Gasteiger partial charge is 0.378 e. The summed E-state index contributed by atoms with van der Waals surface area (Å²) in [5.41, 5.74) is 3.02.